The lowest BCUT2D eigenvalue weighted by Gasteiger charge is -1.98. The van der Waals surface area contributed by atoms with Gasteiger partial charge in [0.05, 0.1) is 6.61 Å². The summed E-state index contributed by atoms with van der Waals surface area (Å²) in [5, 5.41) is 3.78. The first-order valence-electron chi connectivity index (χ1n) is 10.8. The lowest BCUT2D eigenvalue weighted by molar-refractivity contribution is -0.138. The van der Waals surface area contributed by atoms with Crippen LogP contribution < -0.4 is 0 Å². The van der Waals surface area contributed by atoms with E-state index in [0.717, 1.165) is 18.2 Å². The zero-order valence-electron chi connectivity index (χ0n) is 20.1. The number of hydrogen-bond donors (Lipinski definition) is 0. The molecule has 0 aliphatic carbocycles. The smallest absolute Gasteiger partial charge is 0.330 e. The fourth-order valence-corrected chi connectivity index (χ4v) is 2.19. The van der Waals surface area contributed by atoms with Crippen LogP contribution in [0.15, 0.2) is 41.4 Å². The Balaban J connectivity index is 0.000000490. The molecule has 0 spiro atoms. The molecule has 0 fully saturated rings. The predicted molar refractivity (Wildman–Crippen MR) is 128 cm³/mol. The molecule has 7 heteroatoms. The van der Waals surface area contributed by atoms with Gasteiger partial charge < -0.3 is 18.7 Å². The van der Waals surface area contributed by atoms with Crippen molar-refractivity contribution in [3.8, 4) is 0 Å². The number of aromatic nitrogens is 2. The zero-order chi connectivity index (χ0) is 24.0. The van der Waals surface area contributed by atoms with Crippen molar-refractivity contribution in [2.75, 3.05) is 34.0 Å². The minimum atomic E-state index is -0.410. The van der Waals surface area contributed by atoms with Gasteiger partial charge in [-0.1, -0.05) is 73.8 Å². The third-order valence-corrected chi connectivity index (χ3v) is 3.95. The van der Waals surface area contributed by atoms with Gasteiger partial charge in [-0.05, 0) is 25.0 Å². The van der Waals surface area contributed by atoms with Gasteiger partial charge in [0.15, 0.2) is 5.82 Å². The fraction of sp³-hybridized carbons (Fsp3) is 0.480. The van der Waals surface area contributed by atoms with Gasteiger partial charge in [-0.3, -0.25) is 0 Å². The molecule has 0 bridgehead atoms. The van der Waals surface area contributed by atoms with Crippen molar-refractivity contribution in [2.45, 2.75) is 46.5 Å². The molecule has 0 saturated heterocycles. The van der Waals surface area contributed by atoms with Crippen LogP contribution in [0.5, 0.6) is 0 Å². The number of carbonyl (C=O) groups is 1. The van der Waals surface area contributed by atoms with Gasteiger partial charge in [0, 0.05) is 33.8 Å². The van der Waals surface area contributed by atoms with Gasteiger partial charge in [0.2, 0.25) is 5.89 Å². The lowest BCUT2D eigenvalue weighted by atomic mass is 10.1. The van der Waals surface area contributed by atoms with Gasteiger partial charge in [-0.15, -0.1) is 0 Å². The van der Waals surface area contributed by atoms with E-state index >= 15 is 0 Å². The maximum atomic E-state index is 10.3. The van der Waals surface area contributed by atoms with Crippen molar-refractivity contribution in [3.63, 3.8) is 0 Å². The molecule has 1 aromatic carbocycles. The zero-order valence-corrected chi connectivity index (χ0v) is 20.1. The molecule has 0 saturated carbocycles. The van der Waals surface area contributed by atoms with Gasteiger partial charge in [0.25, 0.3) is 0 Å². The standard InChI is InChI=1S/C12H12N2O.C7H16O.C6H10O3/c1-9-3-5-11(6-4-9)7-8-12-13-10(2)15-14-12;1-3-4-5-6-7-8-2;1-3-6(7)9-5-4-8-2/h3-8H,1-2H3;3-7H2,1-2H3;3H,1,4-5H2,2H3/b8-7+;;. The molecule has 1 aromatic heterocycles. The number of carbonyl (C=O) groups excluding carboxylic acids is 1. The van der Waals surface area contributed by atoms with Crippen molar-refractivity contribution in [3.05, 3.63) is 59.8 Å². The molecular formula is C25H38N2O5. The molecule has 0 amide bonds. The minimum absolute atomic E-state index is 0.293. The number of ether oxygens (including phenoxy) is 3. The van der Waals surface area contributed by atoms with Crippen LogP contribution >= 0.6 is 0 Å². The average Bonchev–Trinajstić information content (AvgIpc) is 3.22. The van der Waals surface area contributed by atoms with Crippen LogP contribution in [0.1, 0.15) is 55.4 Å². The van der Waals surface area contributed by atoms with Crippen LogP contribution in [-0.2, 0) is 19.0 Å². The molecule has 2 rings (SSSR count). The van der Waals surface area contributed by atoms with E-state index in [1.165, 1.54) is 31.2 Å². The highest BCUT2D eigenvalue weighted by Gasteiger charge is 1.96. The maximum Gasteiger partial charge on any atom is 0.330 e. The van der Waals surface area contributed by atoms with Crippen LogP contribution in [0.3, 0.4) is 0 Å². The van der Waals surface area contributed by atoms with Crippen LogP contribution in [0.2, 0.25) is 0 Å². The lowest BCUT2D eigenvalue weighted by Crippen LogP contribution is -2.06. The largest absolute Gasteiger partial charge is 0.460 e. The molecule has 7 nitrogen and oxygen atoms in total. The van der Waals surface area contributed by atoms with E-state index in [1.54, 1.807) is 21.1 Å². The number of benzene rings is 1. The van der Waals surface area contributed by atoms with Gasteiger partial charge in [-0.2, -0.15) is 4.98 Å². The first kappa shape index (κ1) is 29.2. The van der Waals surface area contributed by atoms with Crippen molar-refractivity contribution in [2.24, 2.45) is 0 Å². The fourth-order valence-electron chi connectivity index (χ4n) is 2.19. The summed E-state index contributed by atoms with van der Waals surface area (Å²) in [5.41, 5.74) is 2.38. The van der Waals surface area contributed by atoms with Crippen LogP contribution in [0.4, 0.5) is 0 Å². The molecular weight excluding hydrogens is 408 g/mol. The number of methoxy groups -OCH3 is 2. The van der Waals surface area contributed by atoms with E-state index in [9.17, 15) is 4.79 Å². The summed E-state index contributed by atoms with van der Waals surface area (Å²) in [6.07, 6.45) is 10.1. The highest BCUT2D eigenvalue weighted by atomic mass is 16.6. The van der Waals surface area contributed by atoms with Crippen LogP contribution in [-0.4, -0.2) is 50.2 Å². The monoisotopic (exact) mass is 446 g/mol. The quantitative estimate of drug-likeness (QED) is 0.258. The number of nitrogens with zero attached hydrogens (tertiary/aromatic N) is 2. The van der Waals surface area contributed by atoms with Gasteiger partial charge in [-0.25, -0.2) is 4.79 Å². The SMILES string of the molecule is C=CC(=O)OCCOC.CCCCCCOC.Cc1ccc(/C=C/c2noc(C)n2)cc1. The summed E-state index contributed by atoms with van der Waals surface area (Å²) < 4.78 is 18.9. The molecule has 0 radical (unpaired) electrons. The van der Waals surface area contributed by atoms with E-state index in [2.05, 4.69) is 64.3 Å². The van der Waals surface area contributed by atoms with Crippen LogP contribution in [0, 0.1) is 13.8 Å². The molecule has 0 N–H and O–H groups in total. The topological polar surface area (TPSA) is 83.7 Å². The Hall–Kier alpha value is -2.77. The molecule has 0 aliphatic heterocycles. The number of rotatable bonds is 11. The highest BCUT2D eigenvalue weighted by molar-refractivity contribution is 5.81. The van der Waals surface area contributed by atoms with Crippen molar-refractivity contribution in [1.29, 1.82) is 0 Å². The molecule has 0 atom stereocenters. The average molecular weight is 447 g/mol. The van der Waals surface area contributed by atoms with E-state index in [0.29, 0.717) is 24.9 Å². The number of aryl methyl sites for hydroxylation is 2. The van der Waals surface area contributed by atoms with E-state index < -0.39 is 5.97 Å². The Morgan fingerprint density at radius 1 is 1.00 bits per heavy atom. The highest BCUT2D eigenvalue weighted by Crippen LogP contribution is 2.07. The summed E-state index contributed by atoms with van der Waals surface area (Å²) in [6, 6.07) is 8.25. The first-order valence-corrected chi connectivity index (χ1v) is 10.8. The summed E-state index contributed by atoms with van der Waals surface area (Å²) in [6.45, 7) is 10.9. The Labute approximate surface area is 192 Å². The van der Waals surface area contributed by atoms with E-state index in [1.807, 2.05) is 12.2 Å². The van der Waals surface area contributed by atoms with Crippen molar-refractivity contribution >= 4 is 18.1 Å². The number of unbranched alkanes of at least 4 members (excludes halogenated alkanes) is 3. The minimum Gasteiger partial charge on any atom is -0.460 e. The Kier molecular flexibility index (Phi) is 18.4. The van der Waals surface area contributed by atoms with Gasteiger partial charge in [0.1, 0.15) is 6.61 Å². The maximum absolute atomic E-state index is 10.3. The summed E-state index contributed by atoms with van der Waals surface area (Å²) in [4.78, 5) is 14.4. The van der Waals surface area contributed by atoms with Crippen molar-refractivity contribution < 1.29 is 23.5 Å². The molecule has 32 heavy (non-hydrogen) atoms. The van der Waals surface area contributed by atoms with Crippen LogP contribution in [0.25, 0.3) is 12.2 Å². The molecule has 0 aliphatic rings. The Morgan fingerprint density at radius 3 is 2.22 bits per heavy atom. The van der Waals surface area contributed by atoms with Crippen molar-refractivity contribution in [1.82, 2.24) is 10.1 Å². The summed E-state index contributed by atoms with van der Waals surface area (Å²) >= 11 is 0. The molecule has 178 valence electrons. The molecule has 0 unspecified atom stereocenters. The van der Waals surface area contributed by atoms with E-state index in [4.69, 9.17) is 9.26 Å². The Morgan fingerprint density at radius 2 is 1.69 bits per heavy atom. The Bertz CT molecular complexity index is 748. The van der Waals surface area contributed by atoms with Gasteiger partial charge >= 0.3 is 5.97 Å². The second-order valence-electron chi connectivity index (χ2n) is 6.83. The third kappa shape index (κ3) is 17.0. The number of hydrogen-bond acceptors (Lipinski definition) is 7. The second-order valence-corrected chi connectivity index (χ2v) is 6.83. The summed E-state index contributed by atoms with van der Waals surface area (Å²) in [5.74, 6) is 0.777. The van der Waals surface area contributed by atoms with E-state index in [-0.39, 0.29) is 0 Å². The predicted octanol–water partition coefficient (Wildman–Crippen LogP) is 5.43. The normalized spacial score (nSPS) is 10.0. The molecule has 1 heterocycles. The second kappa shape index (κ2) is 20.2. The third-order valence-electron chi connectivity index (χ3n) is 3.95. The number of esters is 1. The molecule has 2 aromatic rings. The summed E-state index contributed by atoms with van der Waals surface area (Å²) in [7, 11) is 3.30. The first-order chi connectivity index (χ1) is 15.5.